The largest absolute Gasteiger partial charge is 0.416 e. The second-order valence-electron chi connectivity index (χ2n) is 3.77. The summed E-state index contributed by atoms with van der Waals surface area (Å²) < 4.78 is 61.8. The van der Waals surface area contributed by atoms with Gasteiger partial charge in [-0.2, -0.15) is 13.2 Å². The average Bonchev–Trinajstić information content (AvgIpc) is 2.27. The molecule has 2 nitrogen and oxygen atoms in total. The Bertz CT molecular complexity index is 536. The van der Waals surface area contributed by atoms with E-state index >= 15 is 0 Å². The molecule has 0 bridgehead atoms. The number of rotatable bonds is 3. The molecule has 0 saturated carbocycles. The van der Waals surface area contributed by atoms with E-state index in [-0.39, 0.29) is 16.2 Å². The van der Waals surface area contributed by atoms with Crippen molar-refractivity contribution in [1.82, 2.24) is 0 Å². The highest BCUT2D eigenvalue weighted by atomic mass is 79.9. The third-order valence-corrected chi connectivity index (χ3v) is 4.72. The summed E-state index contributed by atoms with van der Waals surface area (Å²) in [5.41, 5.74) is -0.890. The van der Waals surface area contributed by atoms with Gasteiger partial charge in [0, 0.05) is 4.83 Å². The molecule has 0 aromatic heterocycles. The first kappa shape index (κ1) is 15.5. The summed E-state index contributed by atoms with van der Waals surface area (Å²) in [5.74, 6) is -0.229. The van der Waals surface area contributed by atoms with Crippen LogP contribution in [-0.4, -0.2) is 14.2 Å². The molecule has 7 heteroatoms. The van der Waals surface area contributed by atoms with E-state index in [4.69, 9.17) is 0 Å². The molecule has 0 amide bonds. The van der Waals surface area contributed by atoms with Crippen LogP contribution in [-0.2, 0) is 16.0 Å². The van der Waals surface area contributed by atoms with Crippen molar-refractivity contribution in [2.75, 3.05) is 5.75 Å². The van der Waals surface area contributed by atoms with E-state index in [0.29, 0.717) is 6.07 Å². The van der Waals surface area contributed by atoms with Gasteiger partial charge >= 0.3 is 6.18 Å². The SMILES string of the molecule is CCS(=O)(=O)c1ccc(C(C)Br)c(C(F)(F)F)c1. The van der Waals surface area contributed by atoms with Crippen LogP contribution in [0.1, 0.15) is 29.8 Å². The van der Waals surface area contributed by atoms with Crippen LogP contribution < -0.4 is 0 Å². The van der Waals surface area contributed by atoms with Gasteiger partial charge in [-0.15, -0.1) is 0 Å². The third kappa shape index (κ3) is 3.26. The zero-order chi connectivity index (χ0) is 14.1. The molecule has 18 heavy (non-hydrogen) atoms. The molecule has 0 aliphatic heterocycles. The Morgan fingerprint density at radius 3 is 2.28 bits per heavy atom. The van der Waals surface area contributed by atoms with E-state index in [0.717, 1.165) is 0 Å². The highest BCUT2D eigenvalue weighted by molar-refractivity contribution is 9.09. The van der Waals surface area contributed by atoms with Gasteiger partial charge in [0.2, 0.25) is 0 Å². The number of hydrogen-bond acceptors (Lipinski definition) is 2. The first-order valence-electron chi connectivity index (χ1n) is 5.17. The first-order chi connectivity index (χ1) is 8.09. The molecule has 102 valence electrons. The maximum absolute atomic E-state index is 12.9. The normalized spacial score (nSPS) is 14.6. The maximum Gasteiger partial charge on any atom is 0.416 e. The summed E-state index contributed by atoms with van der Waals surface area (Å²) >= 11 is 3.07. The number of sulfone groups is 1. The summed E-state index contributed by atoms with van der Waals surface area (Å²) in [6.45, 7) is 2.95. The molecular weight excluding hydrogens is 333 g/mol. The van der Waals surface area contributed by atoms with E-state index in [2.05, 4.69) is 15.9 Å². The number of hydrogen-bond donors (Lipinski definition) is 0. The third-order valence-electron chi connectivity index (χ3n) is 2.50. The fraction of sp³-hybridized carbons (Fsp3) is 0.455. The molecule has 0 fully saturated rings. The summed E-state index contributed by atoms with van der Waals surface area (Å²) in [5, 5.41) is 0. The fourth-order valence-corrected chi connectivity index (χ4v) is 2.79. The molecule has 1 aromatic rings. The zero-order valence-corrected chi connectivity index (χ0v) is 12.2. The summed E-state index contributed by atoms with van der Waals surface area (Å²) in [4.78, 5) is -0.804. The second-order valence-corrected chi connectivity index (χ2v) is 7.42. The van der Waals surface area contributed by atoms with Gasteiger partial charge in [-0.1, -0.05) is 28.9 Å². The van der Waals surface area contributed by atoms with Crippen LogP contribution in [0.25, 0.3) is 0 Å². The van der Waals surface area contributed by atoms with Crippen molar-refractivity contribution in [2.24, 2.45) is 0 Å². The Morgan fingerprint density at radius 2 is 1.89 bits per heavy atom. The molecule has 0 aliphatic rings. The smallest absolute Gasteiger partial charge is 0.224 e. The Balaban J connectivity index is 3.50. The predicted molar refractivity (Wildman–Crippen MR) is 66.5 cm³/mol. The van der Waals surface area contributed by atoms with Crippen LogP contribution in [0.5, 0.6) is 0 Å². The molecule has 0 aliphatic carbocycles. The topological polar surface area (TPSA) is 34.1 Å². The van der Waals surface area contributed by atoms with Crippen LogP contribution in [0.3, 0.4) is 0 Å². The number of halogens is 4. The second kappa shape index (κ2) is 5.21. The monoisotopic (exact) mass is 344 g/mol. The van der Waals surface area contributed by atoms with Gasteiger partial charge in [0.1, 0.15) is 0 Å². The molecule has 0 N–H and O–H groups in total. The lowest BCUT2D eigenvalue weighted by Gasteiger charge is -2.16. The van der Waals surface area contributed by atoms with Crippen molar-refractivity contribution in [3.8, 4) is 0 Å². The van der Waals surface area contributed by atoms with Gasteiger partial charge in [-0.3, -0.25) is 0 Å². The van der Waals surface area contributed by atoms with E-state index < -0.39 is 26.4 Å². The van der Waals surface area contributed by atoms with Gasteiger partial charge in [0.15, 0.2) is 9.84 Å². The van der Waals surface area contributed by atoms with Crippen LogP contribution in [0.15, 0.2) is 23.1 Å². The van der Waals surface area contributed by atoms with E-state index in [1.54, 1.807) is 6.92 Å². The molecule has 0 radical (unpaired) electrons. The van der Waals surface area contributed by atoms with E-state index in [1.165, 1.54) is 19.1 Å². The van der Waals surface area contributed by atoms with Crippen molar-refractivity contribution >= 4 is 25.8 Å². The van der Waals surface area contributed by atoms with E-state index in [1.807, 2.05) is 0 Å². The lowest BCUT2D eigenvalue weighted by Crippen LogP contribution is -2.12. The minimum Gasteiger partial charge on any atom is -0.224 e. The van der Waals surface area contributed by atoms with Gasteiger partial charge in [0.25, 0.3) is 0 Å². The minimum absolute atomic E-state index is 0.0255. The van der Waals surface area contributed by atoms with Crippen LogP contribution >= 0.6 is 15.9 Å². The summed E-state index contributed by atoms with van der Waals surface area (Å²) in [7, 11) is -3.64. The number of alkyl halides is 4. The highest BCUT2D eigenvalue weighted by Crippen LogP contribution is 2.38. The lowest BCUT2D eigenvalue weighted by atomic mass is 10.1. The minimum atomic E-state index is -4.57. The molecule has 1 unspecified atom stereocenters. The van der Waals surface area contributed by atoms with Crippen molar-refractivity contribution in [2.45, 2.75) is 29.7 Å². The Hall–Kier alpha value is -0.560. The van der Waals surface area contributed by atoms with Gasteiger partial charge in [-0.25, -0.2) is 8.42 Å². The van der Waals surface area contributed by atoms with Crippen LogP contribution in [0.4, 0.5) is 13.2 Å². The van der Waals surface area contributed by atoms with Crippen molar-refractivity contribution in [1.29, 1.82) is 0 Å². The molecule has 1 aromatic carbocycles. The molecule has 0 heterocycles. The fourth-order valence-electron chi connectivity index (χ4n) is 1.49. The van der Waals surface area contributed by atoms with Gasteiger partial charge in [-0.05, 0) is 24.6 Å². The van der Waals surface area contributed by atoms with Gasteiger partial charge in [0.05, 0.1) is 16.2 Å². The molecule has 1 rings (SSSR count). The van der Waals surface area contributed by atoms with Crippen molar-refractivity contribution < 1.29 is 21.6 Å². The van der Waals surface area contributed by atoms with Crippen LogP contribution in [0, 0.1) is 0 Å². The molecule has 0 spiro atoms. The van der Waals surface area contributed by atoms with Crippen molar-refractivity contribution in [3.05, 3.63) is 29.3 Å². The Kier molecular flexibility index (Phi) is 4.48. The quantitative estimate of drug-likeness (QED) is 0.778. The predicted octanol–water partition coefficient (Wildman–Crippen LogP) is 3.95. The average molecular weight is 345 g/mol. The summed E-state index contributed by atoms with van der Waals surface area (Å²) in [6.07, 6.45) is -4.57. The zero-order valence-electron chi connectivity index (χ0n) is 9.75. The Morgan fingerprint density at radius 1 is 1.33 bits per heavy atom. The standard InChI is InChI=1S/C11H12BrF3O2S/c1-3-18(16,17)8-4-5-9(7(2)12)10(6-8)11(13,14)15/h4-7H,3H2,1-2H3. The van der Waals surface area contributed by atoms with Crippen molar-refractivity contribution in [3.63, 3.8) is 0 Å². The Labute approximate surface area is 112 Å². The molecule has 0 saturated heterocycles. The highest BCUT2D eigenvalue weighted by Gasteiger charge is 2.35. The van der Waals surface area contributed by atoms with Crippen LogP contribution in [0.2, 0.25) is 0 Å². The van der Waals surface area contributed by atoms with Gasteiger partial charge < -0.3 is 0 Å². The summed E-state index contributed by atoms with van der Waals surface area (Å²) in [6, 6.07) is 3.11. The molecular formula is C11H12BrF3O2S. The van der Waals surface area contributed by atoms with E-state index in [9.17, 15) is 21.6 Å². The number of benzene rings is 1. The first-order valence-corrected chi connectivity index (χ1v) is 7.74. The molecule has 1 atom stereocenters. The maximum atomic E-state index is 12.9. The lowest BCUT2D eigenvalue weighted by molar-refractivity contribution is -0.138.